The Kier molecular flexibility index (Phi) is 5.61. The lowest BCUT2D eigenvalue weighted by Crippen LogP contribution is -2.19. The highest BCUT2D eigenvalue weighted by Crippen LogP contribution is 2.28. The van der Waals surface area contributed by atoms with E-state index in [-0.39, 0.29) is 11.9 Å². The van der Waals surface area contributed by atoms with Crippen molar-refractivity contribution in [1.29, 1.82) is 0 Å². The smallest absolute Gasteiger partial charge is 0.137 e. The third-order valence-electron chi connectivity index (χ3n) is 3.13. The molecule has 1 atom stereocenters. The minimum atomic E-state index is -0.259. The minimum absolute atomic E-state index is 0.0746. The highest BCUT2D eigenvalue weighted by molar-refractivity contribution is 9.10. The van der Waals surface area contributed by atoms with Gasteiger partial charge in [-0.25, -0.2) is 4.39 Å². The topological polar surface area (TPSA) is 12.0 Å². The second-order valence-corrected chi connectivity index (χ2v) is 6.63. The van der Waals surface area contributed by atoms with Gasteiger partial charge in [0.1, 0.15) is 5.82 Å². The molecule has 0 radical (unpaired) electrons. The first-order valence-corrected chi connectivity index (χ1v) is 8.04. The summed E-state index contributed by atoms with van der Waals surface area (Å²) in [6.07, 6.45) is 0.737. The number of benzene rings is 2. The van der Waals surface area contributed by atoms with E-state index in [1.54, 1.807) is 12.1 Å². The summed E-state index contributed by atoms with van der Waals surface area (Å²) in [4.78, 5) is 0. The Balaban J connectivity index is 2.26. The van der Waals surface area contributed by atoms with E-state index in [0.29, 0.717) is 4.47 Å². The fourth-order valence-electron chi connectivity index (χ4n) is 2.02. The van der Waals surface area contributed by atoms with E-state index in [1.165, 1.54) is 6.07 Å². The molecular weight excluding hydrogens is 408 g/mol. The summed E-state index contributed by atoms with van der Waals surface area (Å²) in [7, 11) is 1.88. The molecule has 0 aliphatic rings. The Hall–Kier alpha value is -0.420. The fraction of sp³-hybridized carbons (Fsp3) is 0.200. The van der Waals surface area contributed by atoms with Crippen molar-refractivity contribution in [3.05, 3.63) is 67.3 Å². The molecule has 0 spiro atoms. The summed E-state index contributed by atoms with van der Waals surface area (Å²) in [5.41, 5.74) is 2.06. The van der Waals surface area contributed by atoms with E-state index >= 15 is 0 Å². The SMILES string of the molecule is CNC(Cc1ccc(Br)cc1Cl)c1ccc(F)c(Br)c1. The van der Waals surface area contributed by atoms with Crippen molar-refractivity contribution < 1.29 is 4.39 Å². The van der Waals surface area contributed by atoms with Gasteiger partial charge in [0.25, 0.3) is 0 Å². The van der Waals surface area contributed by atoms with Gasteiger partial charge in [0.2, 0.25) is 0 Å². The van der Waals surface area contributed by atoms with Crippen molar-refractivity contribution in [2.75, 3.05) is 7.05 Å². The van der Waals surface area contributed by atoms with Crippen molar-refractivity contribution in [2.24, 2.45) is 0 Å². The van der Waals surface area contributed by atoms with Gasteiger partial charge in [-0.1, -0.05) is 39.7 Å². The Labute approximate surface area is 139 Å². The second-order valence-electron chi connectivity index (χ2n) is 4.45. The van der Waals surface area contributed by atoms with Gasteiger partial charge in [-0.2, -0.15) is 0 Å². The maximum atomic E-state index is 13.3. The van der Waals surface area contributed by atoms with Gasteiger partial charge < -0.3 is 5.32 Å². The number of hydrogen-bond donors (Lipinski definition) is 1. The monoisotopic (exact) mass is 419 g/mol. The molecule has 2 aromatic rings. The number of likely N-dealkylation sites (N-methyl/N-ethyl adjacent to an activating group) is 1. The van der Waals surface area contributed by atoms with Crippen molar-refractivity contribution in [3.63, 3.8) is 0 Å². The van der Waals surface area contributed by atoms with Crippen LogP contribution in [0.4, 0.5) is 4.39 Å². The maximum absolute atomic E-state index is 13.3. The molecular formula is C15H13Br2ClFN. The summed E-state index contributed by atoms with van der Waals surface area (Å²) in [6, 6.07) is 11.0. The van der Waals surface area contributed by atoms with Crippen LogP contribution in [0, 0.1) is 5.82 Å². The van der Waals surface area contributed by atoms with Gasteiger partial charge in [-0.3, -0.25) is 0 Å². The molecule has 0 aliphatic heterocycles. The third-order valence-corrected chi connectivity index (χ3v) is 4.59. The molecule has 1 N–H and O–H groups in total. The third kappa shape index (κ3) is 3.82. The zero-order valence-electron chi connectivity index (χ0n) is 10.8. The molecule has 0 aromatic heterocycles. The van der Waals surface area contributed by atoms with Crippen LogP contribution in [0.25, 0.3) is 0 Å². The number of halogens is 4. The van der Waals surface area contributed by atoms with E-state index in [1.807, 2.05) is 25.2 Å². The van der Waals surface area contributed by atoms with E-state index in [9.17, 15) is 4.39 Å². The number of rotatable bonds is 4. The highest BCUT2D eigenvalue weighted by Gasteiger charge is 2.14. The average Bonchev–Trinajstić information content (AvgIpc) is 2.41. The van der Waals surface area contributed by atoms with Gasteiger partial charge >= 0.3 is 0 Å². The Morgan fingerprint density at radius 1 is 1.20 bits per heavy atom. The van der Waals surface area contributed by atoms with Gasteiger partial charge in [0, 0.05) is 15.5 Å². The molecule has 0 saturated heterocycles. The zero-order valence-corrected chi connectivity index (χ0v) is 14.7. The number of nitrogens with one attached hydrogen (secondary N) is 1. The average molecular weight is 422 g/mol. The van der Waals surface area contributed by atoms with Gasteiger partial charge in [-0.05, 0) is 64.8 Å². The molecule has 0 amide bonds. The molecule has 2 aromatic carbocycles. The maximum Gasteiger partial charge on any atom is 0.137 e. The van der Waals surface area contributed by atoms with Gasteiger partial charge in [0.15, 0.2) is 0 Å². The standard InChI is InChI=1S/C15H13Br2ClFN/c1-20-15(10-3-5-14(19)12(17)6-10)7-9-2-4-11(16)8-13(9)18/h2-6,8,15,20H,7H2,1H3. The van der Waals surface area contributed by atoms with Crippen LogP contribution in [0.3, 0.4) is 0 Å². The summed E-state index contributed by atoms with van der Waals surface area (Å²) in [6.45, 7) is 0. The van der Waals surface area contributed by atoms with Crippen molar-refractivity contribution in [3.8, 4) is 0 Å². The first-order valence-electron chi connectivity index (χ1n) is 6.07. The molecule has 2 rings (SSSR count). The van der Waals surface area contributed by atoms with Gasteiger partial charge in [-0.15, -0.1) is 0 Å². The Bertz CT molecular complexity index is 619. The second kappa shape index (κ2) is 7.03. The predicted octanol–water partition coefficient (Wildman–Crippen LogP) is 5.51. The quantitative estimate of drug-likeness (QED) is 0.687. The van der Waals surface area contributed by atoms with Crippen LogP contribution in [0.5, 0.6) is 0 Å². The van der Waals surface area contributed by atoms with E-state index in [0.717, 1.165) is 27.0 Å². The van der Waals surface area contributed by atoms with Crippen LogP contribution in [0.1, 0.15) is 17.2 Å². The van der Waals surface area contributed by atoms with Crippen LogP contribution in [-0.4, -0.2) is 7.05 Å². The van der Waals surface area contributed by atoms with Crippen molar-refractivity contribution in [1.82, 2.24) is 5.32 Å². The minimum Gasteiger partial charge on any atom is -0.313 e. The van der Waals surface area contributed by atoms with Crippen molar-refractivity contribution in [2.45, 2.75) is 12.5 Å². The molecule has 0 bridgehead atoms. The van der Waals surface area contributed by atoms with Crippen LogP contribution < -0.4 is 5.32 Å². The summed E-state index contributed by atoms with van der Waals surface area (Å²) in [5, 5.41) is 3.96. The van der Waals surface area contributed by atoms with E-state index in [2.05, 4.69) is 37.2 Å². The van der Waals surface area contributed by atoms with Crippen LogP contribution >= 0.6 is 43.5 Å². The molecule has 1 unspecified atom stereocenters. The summed E-state index contributed by atoms with van der Waals surface area (Å²) < 4.78 is 14.7. The largest absolute Gasteiger partial charge is 0.313 e. The van der Waals surface area contributed by atoms with Crippen LogP contribution in [-0.2, 0) is 6.42 Å². The summed E-state index contributed by atoms with van der Waals surface area (Å²) >= 11 is 12.9. The Morgan fingerprint density at radius 3 is 2.55 bits per heavy atom. The molecule has 0 saturated carbocycles. The Morgan fingerprint density at radius 2 is 1.95 bits per heavy atom. The molecule has 5 heteroatoms. The number of hydrogen-bond acceptors (Lipinski definition) is 1. The molecule has 1 nitrogen and oxygen atoms in total. The first-order chi connectivity index (χ1) is 9.51. The zero-order chi connectivity index (χ0) is 14.7. The van der Waals surface area contributed by atoms with Crippen LogP contribution in [0.2, 0.25) is 5.02 Å². The molecule has 0 fully saturated rings. The lowest BCUT2D eigenvalue weighted by atomic mass is 9.99. The highest BCUT2D eigenvalue weighted by atomic mass is 79.9. The molecule has 0 aliphatic carbocycles. The van der Waals surface area contributed by atoms with E-state index < -0.39 is 0 Å². The fourth-order valence-corrected chi connectivity index (χ4v) is 3.17. The molecule has 0 heterocycles. The van der Waals surface area contributed by atoms with E-state index in [4.69, 9.17) is 11.6 Å². The lowest BCUT2D eigenvalue weighted by molar-refractivity contribution is 0.584. The summed E-state index contributed by atoms with van der Waals surface area (Å²) in [5.74, 6) is -0.259. The van der Waals surface area contributed by atoms with Crippen LogP contribution in [0.15, 0.2) is 45.3 Å². The predicted molar refractivity (Wildman–Crippen MR) is 88.8 cm³/mol. The first kappa shape index (κ1) is 16.0. The van der Waals surface area contributed by atoms with Gasteiger partial charge in [0.05, 0.1) is 4.47 Å². The molecule has 20 heavy (non-hydrogen) atoms. The lowest BCUT2D eigenvalue weighted by Gasteiger charge is -2.18. The normalized spacial score (nSPS) is 12.4. The van der Waals surface area contributed by atoms with Crippen molar-refractivity contribution >= 4 is 43.5 Å². The molecule has 106 valence electrons.